The molecule has 2 heterocycles. The SMILES string of the molecule is Cc1c(NC(=S)NCc2ccccn2)c(=O)n(-c2ccccc2)n1C. The molecule has 128 valence electrons. The van der Waals surface area contributed by atoms with E-state index in [-0.39, 0.29) is 5.56 Å². The van der Waals surface area contributed by atoms with Crippen molar-refractivity contribution in [3.05, 3.63) is 76.5 Å². The second-order valence-corrected chi connectivity index (χ2v) is 5.97. The summed E-state index contributed by atoms with van der Waals surface area (Å²) in [5, 5.41) is 6.47. The maximum absolute atomic E-state index is 12.8. The van der Waals surface area contributed by atoms with E-state index in [4.69, 9.17) is 12.2 Å². The Labute approximate surface area is 151 Å². The summed E-state index contributed by atoms with van der Waals surface area (Å²) in [6.45, 7) is 2.37. The fourth-order valence-corrected chi connectivity index (χ4v) is 2.72. The van der Waals surface area contributed by atoms with Gasteiger partial charge in [0.1, 0.15) is 5.69 Å². The lowest BCUT2D eigenvalue weighted by Gasteiger charge is -2.09. The molecule has 2 N–H and O–H groups in total. The summed E-state index contributed by atoms with van der Waals surface area (Å²) in [5.74, 6) is 0. The fourth-order valence-electron chi connectivity index (χ4n) is 2.54. The van der Waals surface area contributed by atoms with Crippen LogP contribution >= 0.6 is 12.2 Å². The number of benzene rings is 1. The van der Waals surface area contributed by atoms with E-state index in [9.17, 15) is 4.79 Å². The zero-order chi connectivity index (χ0) is 17.8. The van der Waals surface area contributed by atoms with E-state index in [1.54, 1.807) is 15.6 Å². The van der Waals surface area contributed by atoms with Crippen LogP contribution < -0.4 is 16.2 Å². The third-order valence-corrected chi connectivity index (χ3v) is 4.20. The third kappa shape index (κ3) is 3.61. The highest BCUT2D eigenvalue weighted by atomic mass is 32.1. The highest BCUT2D eigenvalue weighted by molar-refractivity contribution is 7.80. The van der Waals surface area contributed by atoms with Crippen LogP contribution in [0.1, 0.15) is 11.4 Å². The van der Waals surface area contributed by atoms with Crippen LogP contribution in [0.15, 0.2) is 59.5 Å². The van der Waals surface area contributed by atoms with Gasteiger partial charge in [-0.3, -0.25) is 14.5 Å². The predicted octanol–water partition coefficient (Wildman–Crippen LogP) is 2.37. The van der Waals surface area contributed by atoms with Crippen LogP contribution in [0.2, 0.25) is 0 Å². The highest BCUT2D eigenvalue weighted by Crippen LogP contribution is 2.13. The number of rotatable bonds is 4. The van der Waals surface area contributed by atoms with Crippen molar-refractivity contribution in [1.29, 1.82) is 0 Å². The molecule has 2 aromatic heterocycles. The summed E-state index contributed by atoms with van der Waals surface area (Å²) in [6.07, 6.45) is 1.73. The molecule has 0 fully saturated rings. The lowest BCUT2D eigenvalue weighted by Crippen LogP contribution is -2.31. The Hall–Kier alpha value is -2.93. The monoisotopic (exact) mass is 353 g/mol. The molecule has 0 aliphatic heterocycles. The zero-order valence-corrected chi connectivity index (χ0v) is 14.9. The maximum Gasteiger partial charge on any atom is 0.295 e. The van der Waals surface area contributed by atoms with Gasteiger partial charge in [-0.2, -0.15) is 0 Å². The van der Waals surface area contributed by atoms with Crippen molar-refractivity contribution in [3.63, 3.8) is 0 Å². The van der Waals surface area contributed by atoms with E-state index < -0.39 is 0 Å². The van der Waals surface area contributed by atoms with Crippen LogP contribution in [-0.4, -0.2) is 19.5 Å². The average Bonchev–Trinajstić information content (AvgIpc) is 2.85. The highest BCUT2D eigenvalue weighted by Gasteiger charge is 2.16. The van der Waals surface area contributed by atoms with Crippen molar-refractivity contribution >= 4 is 23.0 Å². The second kappa shape index (κ2) is 7.31. The van der Waals surface area contributed by atoms with Crippen LogP contribution in [0.25, 0.3) is 5.69 Å². The molecule has 6 nitrogen and oxygen atoms in total. The number of pyridine rings is 1. The van der Waals surface area contributed by atoms with E-state index in [0.717, 1.165) is 17.1 Å². The summed E-state index contributed by atoms with van der Waals surface area (Å²) >= 11 is 5.32. The molecule has 1 aromatic carbocycles. The van der Waals surface area contributed by atoms with Gasteiger partial charge in [-0.05, 0) is 43.4 Å². The minimum Gasteiger partial charge on any atom is -0.357 e. The maximum atomic E-state index is 12.8. The quantitative estimate of drug-likeness (QED) is 0.705. The normalized spacial score (nSPS) is 10.5. The molecule has 25 heavy (non-hydrogen) atoms. The summed E-state index contributed by atoms with van der Waals surface area (Å²) < 4.78 is 3.42. The van der Waals surface area contributed by atoms with Crippen molar-refractivity contribution in [2.45, 2.75) is 13.5 Å². The summed E-state index contributed by atoms with van der Waals surface area (Å²) in [6, 6.07) is 15.2. The number of nitrogens with zero attached hydrogens (tertiary/aromatic N) is 3. The molecule has 0 radical (unpaired) electrons. The van der Waals surface area contributed by atoms with Crippen molar-refractivity contribution in [1.82, 2.24) is 19.7 Å². The molecule has 0 unspecified atom stereocenters. The molecular weight excluding hydrogens is 334 g/mol. The van der Waals surface area contributed by atoms with Gasteiger partial charge < -0.3 is 10.6 Å². The fraction of sp³-hybridized carbons (Fsp3) is 0.167. The molecule has 0 saturated carbocycles. The first-order valence-electron chi connectivity index (χ1n) is 7.86. The summed E-state index contributed by atoms with van der Waals surface area (Å²) in [5.41, 5.74) is 2.80. The molecule has 0 atom stereocenters. The first kappa shape index (κ1) is 16.9. The Kier molecular flexibility index (Phi) is 4.95. The van der Waals surface area contributed by atoms with E-state index in [0.29, 0.717) is 17.3 Å². The van der Waals surface area contributed by atoms with Gasteiger partial charge >= 0.3 is 0 Å². The van der Waals surface area contributed by atoms with E-state index in [1.807, 2.05) is 62.5 Å². The molecule has 0 amide bonds. The molecule has 0 saturated heterocycles. The molecular formula is C18H19N5OS. The molecule has 7 heteroatoms. The Morgan fingerprint density at radius 2 is 1.88 bits per heavy atom. The number of para-hydroxylation sites is 1. The van der Waals surface area contributed by atoms with Gasteiger partial charge in [0.2, 0.25) is 0 Å². The number of nitrogens with one attached hydrogen (secondary N) is 2. The van der Waals surface area contributed by atoms with Gasteiger partial charge in [0.05, 0.1) is 23.6 Å². The van der Waals surface area contributed by atoms with Crippen LogP contribution in [0.5, 0.6) is 0 Å². The molecule has 0 bridgehead atoms. The van der Waals surface area contributed by atoms with Gasteiger partial charge in [-0.25, -0.2) is 4.68 Å². The smallest absolute Gasteiger partial charge is 0.295 e. The topological polar surface area (TPSA) is 63.9 Å². The molecule has 0 aliphatic carbocycles. The van der Waals surface area contributed by atoms with Crippen LogP contribution in [0.3, 0.4) is 0 Å². The Morgan fingerprint density at radius 3 is 2.56 bits per heavy atom. The Morgan fingerprint density at radius 1 is 1.16 bits per heavy atom. The van der Waals surface area contributed by atoms with Gasteiger partial charge in [-0.15, -0.1) is 0 Å². The van der Waals surface area contributed by atoms with Gasteiger partial charge in [0.15, 0.2) is 5.11 Å². The number of aromatic nitrogens is 3. The van der Waals surface area contributed by atoms with Gasteiger partial charge in [-0.1, -0.05) is 24.3 Å². The number of anilines is 1. The van der Waals surface area contributed by atoms with Crippen molar-refractivity contribution < 1.29 is 0 Å². The Balaban J connectivity index is 1.79. The van der Waals surface area contributed by atoms with Crippen LogP contribution in [0, 0.1) is 6.92 Å². The lowest BCUT2D eigenvalue weighted by atomic mass is 10.3. The lowest BCUT2D eigenvalue weighted by molar-refractivity contribution is 0.630. The third-order valence-electron chi connectivity index (χ3n) is 3.95. The van der Waals surface area contributed by atoms with Gasteiger partial charge in [0.25, 0.3) is 5.56 Å². The zero-order valence-electron chi connectivity index (χ0n) is 14.1. The largest absolute Gasteiger partial charge is 0.357 e. The van der Waals surface area contributed by atoms with Gasteiger partial charge in [0, 0.05) is 13.2 Å². The number of hydrogen-bond acceptors (Lipinski definition) is 3. The van der Waals surface area contributed by atoms with Crippen molar-refractivity contribution in [2.24, 2.45) is 7.05 Å². The molecule has 3 rings (SSSR count). The number of hydrogen-bond donors (Lipinski definition) is 2. The molecule has 3 aromatic rings. The van der Waals surface area contributed by atoms with E-state index in [2.05, 4.69) is 15.6 Å². The van der Waals surface area contributed by atoms with Crippen LogP contribution in [-0.2, 0) is 13.6 Å². The minimum atomic E-state index is -0.145. The molecule has 0 aliphatic rings. The van der Waals surface area contributed by atoms with E-state index in [1.165, 1.54) is 0 Å². The average molecular weight is 353 g/mol. The predicted molar refractivity (Wildman–Crippen MR) is 103 cm³/mol. The van der Waals surface area contributed by atoms with E-state index >= 15 is 0 Å². The van der Waals surface area contributed by atoms with Crippen molar-refractivity contribution in [2.75, 3.05) is 5.32 Å². The number of thiocarbonyl (C=S) groups is 1. The summed E-state index contributed by atoms with van der Waals surface area (Å²) in [4.78, 5) is 17.0. The Bertz CT molecular complexity index is 931. The summed E-state index contributed by atoms with van der Waals surface area (Å²) in [7, 11) is 1.85. The standard InChI is InChI=1S/C18H19N5OS/c1-13-16(21-18(25)20-12-14-8-6-7-11-19-14)17(24)23(22(13)2)15-9-4-3-5-10-15/h3-11H,12H2,1-2H3,(H2,20,21,25). The first-order valence-corrected chi connectivity index (χ1v) is 8.27. The minimum absolute atomic E-state index is 0.145. The van der Waals surface area contributed by atoms with Crippen molar-refractivity contribution in [3.8, 4) is 5.69 Å². The molecule has 0 spiro atoms. The van der Waals surface area contributed by atoms with Crippen LogP contribution in [0.4, 0.5) is 5.69 Å². The second-order valence-electron chi connectivity index (χ2n) is 5.57. The first-order chi connectivity index (χ1) is 12.1.